The Kier molecular flexibility index (Phi) is 5.32. The molecule has 1 aromatic rings. The largest absolute Gasteiger partial charge is 0.312 e. The Morgan fingerprint density at radius 1 is 1.69 bits per heavy atom. The summed E-state index contributed by atoms with van der Waals surface area (Å²) in [5.74, 6) is 0. The first-order chi connectivity index (χ1) is 6.20. The summed E-state index contributed by atoms with van der Waals surface area (Å²) in [5.41, 5.74) is 0. The molecule has 1 heterocycles. The fraction of sp³-hybridized carbons (Fsp3) is 0.556. The van der Waals surface area contributed by atoms with E-state index in [-0.39, 0.29) is 5.38 Å². The summed E-state index contributed by atoms with van der Waals surface area (Å²) in [6.07, 6.45) is 1.02. The highest BCUT2D eigenvalue weighted by atomic mass is 79.9. The van der Waals surface area contributed by atoms with Gasteiger partial charge in [0.1, 0.15) is 0 Å². The van der Waals surface area contributed by atoms with Crippen molar-refractivity contribution in [3.63, 3.8) is 0 Å². The molecule has 1 unspecified atom stereocenters. The predicted octanol–water partition coefficient (Wildman–Crippen LogP) is 3.62. The van der Waals surface area contributed by atoms with Crippen LogP contribution in [0.15, 0.2) is 15.9 Å². The Morgan fingerprint density at radius 3 is 3.00 bits per heavy atom. The lowest BCUT2D eigenvalue weighted by Crippen LogP contribution is -2.16. The third-order valence-electron chi connectivity index (χ3n) is 1.70. The van der Waals surface area contributed by atoms with Gasteiger partial charge in [0.15, 0.2) is 0 Å². The first kappa shape index (κ1) is 11.5. The molecule has 0 aliphatic carbocycles. The predicted molar refractivity (Wildman–Crippen MR) is 63.7 cm³/mol. The van der Waals surface area contributed by atoms with Gasteiger partial charge in [0, 0.05) is 21.3 Å². The molecule has 0 amide bonds. The van der Waals surface area contributed by atoms with Crippen molar-refractivity contribution in [2.75, 3.05) is 6.54 Å². The van der Waals surface area contributed by atoms with Crippen LogP contribution in [0.25, 0.3) is 0 Å². The molecule has 0 fully saturated rings. The molecule has 13 heavy (non-hydrogen) atoms. The van der Waals surface area contributed by atoms with Crippen LogP contribution in [0.2, 0.25) is 0 Å². The van der Waals surface area contributed by atoms with Crippen molar-refractivity contribution < 1.29 is 0 Å². The molecule has 0 bridgehead atoms. The standard InChI is InChI=1S/C9H13BrClNS/c1-7(11)2-4-12-6-9-8(10)3-5-13-9/h3,5,7,12H,2,4,6H2,1H3. The molecular formula is C9H13BrClNS. The highest BCUT2D eigenvalue weighted by molar-refractivity contribution is 9.10. The molecule has 1 N–H and O–H groups in total. The maximum Gasteiger partial charge on any atom is 0.0327 e. The Bertz CT molecular complexity index is 250. The van der Waals surface area contributed by atoms with E-state index in [0.29, 0.717) is 0 Å². The number of hydrogen-bond donors (Lipinski definition) is 1. The van der Waals surface area contributed by atoms with Crippen LogP contribution in [0.5, 0.6) is 0 Å². The highest BCUT2D eigenvalue weighted by Gasteiger charge is 2.00. The smallest absolute Gasteiger partial charge is 0.0327 e. The Balaban J connectivity index is 2.17. The first-order valence-corrected chi connectivity index (χ1v) is 6.37. The van der Waals surface area contributed by atoms with Gasteiger partial charge in [-0.25, -0.2) is 0 Å². The third kappa shape index (κ3) is 4.45. The van der Waals surface area contributed by atoms with Crippen LogP contribution in [-0.2, 0) is 6.54 Å². The SMILES string of the molecule is CC(Cl)CCNCc1sccc1Br. The van der Waals surface area contributed by atoms with Crippen molar-refractivity contribution in [3.05, 3.63) is 20.8 Å². The summed E-state index contributed by atoms with van der Waals surface area (Å²) < 4.78 is 1.20. The average Bonchev–Trinajstić information content (AvgIpc) is 2.45. The summed E-state index contributed by atoms with van der Waals surface area (Å²) in [4.78, 5) is 1.35. The topological polar surface area (TPSA) is 12.0 Å². The van der Waals surface area contributed by atoms with Gasteiger partial charge < -0.3 is 5.32 Å². The molecule has 0 spiro atoms. The number of thiophene rings is 1. The van der Waals surface area contributed by atoms with Gasteiger partial charge >= 0.3 is 0 Å². The second-order valence-corrected chi connectivity index (χ2v) is 5.54. The van der Waals surface area contributed by atoms with Crippen molar-refractivity contribution in [1.29, 1.82) is 0 Å². The van der Waals surface area contributed by atoms with Crippen LogP contribution in [0, 0.1) is 0 Å². The van der Waals surface area contributed by atoms with E-state index in [4.69, 9.17) is 11.6 Å². The zero-order valence-electron chi connectivity index (χ0n) is 7.52. The van der Waals surface area contributed by atoms with Crippen LogP contribution in [-0.4, -0.2) is 11.9 Å². The summed E-state index contributed by atoms with van der Waals surface area (Å²) >= 11 is 11.1. The zero-order chi connectivity index (χ0) is 9.68. The Hall–Kier alpha value is 0.430. The van der Waals surface area contributed by atoms with Crippen LogP contribution in [0.3, 0.4) is 0 Å². The summed E-state index contributed by atoms with van der Waals surface area (Å²) in [6, 6.07) is 2.08. The number of alkyl halides is 1. The molecule has 1 aromatic heterocycles. The van der Waals surface area contributed by atoms with Crippen molar-refractivity contribution in [2.45, 2.75) is 25.3 Å². The van der Waals surface area contributed by atoms with E-state index in [0.717, 1.165) is 19.5 Å². The van der Waals surface area contributed by atoms with Gasteiger partial charge in [-0.05, 0) is 47.3 Å². The number of nitrogens with one attached hydrogen (secondary N) is 1. The van der Waals surface area contributed by atoms with E-state index < -0.39 is 0 Å². The monoisotopic (exact) mass is 281 g/mol. The van der Waals surface area contributed by atoms with Crippen molar-refractivity contribution in [2.24, 2.45) is 0 Å². The number of rotatable bonds is 5. The normalized spacial score (nSPS) is 13.2. The van der Waals surface area contributed by atoms with E-state index in [1.54, 1.807) is 11.3 Å². The summed E-state index contributed by atoms with van der Waals surface area (Å²) in [7, 11) is 0. The van der Waals surface area contributed by atoms with Crippen LogP contribution in [0.4, 0.5) is 0 Å². The number of hydrogen-bond acceptors (Lipinski definition) is 2. The lowest BCUT2D eigenvalue weighted by molar-refractivity contribution is 0.648. The Morgan fingerprint density at radius 2 is 2.46 bits per heavy atom. The van der Waals surface area contributed by atoms with Gasteiger partial charge in [-0.1, -0.05) is 0 Å². The molecule has 0 aliphatic rings. The van der Waals surface area contributed by atoms with E-state index in [9.17, 15) is 0 Å². The molecule has 74 valence electrons. The molecular weight excluding hydrogens is 270 g/mol. The minimum atomic E-state index is 0.263. The fourth-order valence-corrected chi connectivity index (χ4v) is 2.53. The lowest BCUT2D eigenvalue weighted by Gasteiger charge is -2.04. The molecule has 0 saturated heterocycles. The second kappa shape index (κ2) is 6.02. The second-order valence-electron chi connectivity index (χ2n) is 2.94. The quantitative estimate of drug-likeness (QED) is 0.642. The number of halogens is 2. The van der Waals surface area contributed by atoms with E-state index in [1.165, 1.54) is 9.35 Å². The van der Waals surface area contributed by atoms with Gasteiger partial charge in [0.05, 0.1) is 0 Å². The van der Waals surface area contributed by atoms with Gasteiger partial charge in [-0.2, -0.15) is 0 Å². The molecule has 1 rings (SSSR count). The lowest BCUT2D eigenvalue weighted by atomic mass is 10.3. The zero-order valence-corrected chi connectivity index (χ0v) is 10.7. The molecule has 0 saturated carbocycles. The van der Waals surface area contributed by atoms with E-state index in [2.05, 4.69) is 32.7 Å². The van der Waals surface area contributed by atoms with Crippen molar-refractivity contribution in [3.8, 4) is 0 Å². The van der Waals surface area contributed by atoms with Crippen molar-refractivity contribution >= 4 is 38.9 Å². The molecule has 0 aromatic carbocycles. The van der Waals surface area contributed by atoms with Crippen LogP contribution < -0.4 is 5.32 Å². The Labute approximate surface area is 96.6 Å². The van der Waals surface area contributed by atoms with E-state index >= 15 is 0 Å². The van der Waals surface area contributed by atoms with Gasteiger partial charge in [0.25, 0.3) is 0 Å². The maximum absolute atomic E-state index is 5.82. The molecule has 1 nitrogen and oxygen atoms in total. The van der Waals surface area contributed by atoms with Crippen LogP contribution >= 0.6 is 38.9 Å². The first-order valence-electron chi connectivity index (χ1n) is 4.27. The molecule has 4 heteroatoms. The minimum Gasteiger partial charge on any atom is -0.312 e. The third-order valence-corrected chi connectivity index (χ3v) is 3.84. The fourth-order valence-electron chi connectivity index (χ4n) is 0.954. The van der Waals surface area contributed by atoms with Crippen LogP contribution in [0.1, 0.15) is 18.2 Å². The highest BCUT2D eigenvalue weighted by Crippen LogP contribution is 2.22. The minimum absolute atomic E-state index is 0.263. The molecule has 0 radical (unpaired) electrons. The van der Waals surface area contributed by atoms with Gasteiger partial charge in [-0.3, -0.25) is 0 Å². The van der Waals surface area contributed by atoms with Gasteiger partial charge in [0.2, 0.25) is 0 Å². The summed E-state index contributed by atoms with van der Waals surface area (Å²) in [5, 5.41) is 5.71. The molecule has 0 aliphatic heterocycles. The van der Waals surface area contributed by atoms with Gasteiger partial charge in [-0.15, -0.1) is 22.9 Å². The molecule has 1 atom stereocenters. The van der Waals surface area contributed by atoms with E-state index in [1.807, 2.05) is 6.92 Å². The average molecular weight is 283 g/mol. The summed E-state index contributed by atoms with van der Waals surface area (Å²) in [6.45, 7) is 3.93. The van der Waals surface area contributed by atoms with Crippen molar-refractivity contribution in [1.82, 2.24) is 5.32 Å². The maximum atomic E-state index is 5.82.